The van der Waals surface area contributed by atoms with E-state index in [0.29, 0.717) is 18.0 Å². The van der Waals surface area contributed by atoms with E-state index in [1.165, 1.54) is 30.3 Å². The molecule has 186 valence electrons. The van der Waals surface area contributed by atoms with E-state index in [4.69, 9.17) is 27.9 Å². The number of nitrogens with one attached hydrogen (secondary N) is 1. The van der Waals surface area contributed by atoms with E-state index in [2.05, 4.69) is 5.32 Å². The van der Waals surface area contributed by atoms with Crippen molar-refractivity contribution in [1.82, 2.24) is 5.32 Å². The zero-order chi connectivity index (χ0) is 25.4. The lowest BCUT2D eigenvalue weighted by atomic mass is 10.1. The highest BCUT2D eigenvalue weighted by Crippen LogP contribution is 2.30. The molecular formula is C26H28Cl2N2O4S. The Labute approximate surface area is 216 Å². The van der Waals surface area contributed by atoms with Crippen molar-refractivity contribution in [1.29, 1.82) is 0 Å². The maximum Gasteiger partial charge on any atom is 0.264 e. The lowest BCUT2D eigenvalue weighted by Gasteiger charge is -2.24. The molecule has 0 aromatic heterocycles. The maximum absolute atomic E-state index is 13.3. The molecule has 1 N–H and O–H groups in total. The third-order valence-electron chi connectivity index (χ3n) is 5.04. The van der Waals surface area contributed by atoms with Gasteiger partial charge < -0.3 is 10.1 Å². The number of sulfonamides is 1. The minimum atomic E-state index is -4.01. The summed E-state index contributed by atoms with van der Waals surface area (Å²) >= 11 is 12.1. The summed E-state index contributed by atoms with van der Waals surface area (Å²) in [6.07, 6.45) is 1.53. The summed E-state index contributed by atoms with van der Waals surface area (Å²) in [6.45, 7) is 3.95. The molecule has 0 aliphatic rings. The third kappa shape index (κ3) is 7.62. The second-order valence-electron chi connectivity index (χ2n) is 8.19. The van der Waals surface area contributed by atoms with Crippen molar-refractivity contribution in [2.45, 2.75) is 37.7 Å². The Morgan fingerprint density at radius 2 is 1.71 bits per heavy atom. The van der Waals surface area contributed by atoms with Crippen molar-refractivity contribution >= 4 is 44.8 Å². The van der Waals surface area contributed by atoms with E-state index in [1.54, 1.807) is 18.2 Å². The standard InChI is InChI=1S/C26H28Cl2N2O4S/c1-19(2)34-22-10-6-8-20(16-22)9-7-15-29-26(31)18-30(21-13-14-24(27)25(28)17-21)35(32,33)23-11-4-3-5-12-23/h3-6,8,10-14,16-17,19H,7,9,15,18H2,1-2H3,(H,29,31). The van der Waals surface area contributed by atoms with Gasteiger partial charge >= 0.3 is 0 Å². The molecule has 0 spiro atoms. The van der Waals surface area contributed by atoms with Gasteiger partial charge in [0.25, 0.3) is 10.0 Å². The van der Waals surface area contributed by atoms with Crippen molar-refractivity contribution in [2.24, 2.45) is 0 Å². The van der Waals surface area contributed by atoms with Gasteiger partial charge in [-0.05, 0) is 74.7 Å². The highest BCUT2D eigenvalue weighted by molar-refractivity contribution is 7.92. The Morgan fingerprint density at radius 1 is 0.971 bits per heavy atom. The molecular weight excluding hydrogens is 507 g/mol. The SMILES string of the molecule is CC(C)Oc1cccc(CCCNC(=O)CN(c2ccc(Cl)c(Cl)c2)S(=O)(=O)c2ccccc2)c1. The zero-order valence-corrected chi connectivity index (χ0v) is 21.9. The first-order valence-corrected chi connectivity index (χ1v) is 13.4. The number of rotatable bonds is 11. The number of nitrogens with zero attached hydrogens (tertiary/aromatic N) is 1. The molecule has 1 amide bonds. The zero-order valence-electron chi connectivity index (χ0n) is 19.6. The molecule has 0 aliphatic carbocycles. The molecule has 0 bridgehead atoms. The highest BCUT2D eigenvalue weighted by atomic mass is 35.5. The normalized spacial score (nSPS) is 11.3. The molecule has 0 unspecified atom stereocenters. The second kappa shape index (κ2) is 12.3. The highest BCUT2D eigenvalue weighted by Gasteiger charge is 2.27. The predicted molar refractivity (Wildman–Crippen MR) is 141 cm³/mol. The van der Waals surface area contributed by atoms with Gasteiger partial charge in [-0.1, -0.05) is 53.5 Å². The summed E-state index contributed by atoms with van der Waals surface area (Å²) in [5.74, 6) is 0.386. The largest absolute Gasteiger partial charge is 0.491 e. The maximum atomic E-state index is 13.3. The van der Waals surface area contributed by atoms with Crippen molar-refractivity contribution in [3.05, 3.63) is 88.4 Å². The molecule has 0 atom stereocenters. The van der Waals surface area contributed by atoms with Gasteiger partial charge in [0, 0.05) is 6.54 Å². The molecule has 9 heteroatoms. The Hall–Kier alpha value is -2.74. The van der Waals surface area contributed by atoms with Crippen LogP contribution in [-0.2, 0) is 21.2 Å². The monoisotopic (exact) mass is 534 g/mol. The molecule has 3 aromatic carbocycles. The first-order valence-electron chi connectivity index (χ1n) is 11.2. The topological polar surface area (TPSA) is 75.7 Å². The lowest BCUT2D eigenvalue weighted by molar-refractivity contribution is -0.119. The molecule has 6 nitrogen and oxygen atoms in total. The molecule has 35 heavy (non-hydrogen) atoms. The van der Waals surface area contributed by atoms with Crippen molar-refractivity contribution < 1.29 is 17.9 Å². The Bertz CT molecular complexity index is 1250. The van der Waals surface area contributed by atoms with Gasteiger partial charge in [0.1, 0.15) is 12.3 Å². The first-order chi connectivity index (χ1) is 16.7. The molecule has 0 heterocycles. The van der Waals surface area contributed by atoms with Crippen LogP contribution in [0.1, 0.15) is 25.8 Å². The van der Waals surface area contributed by atoms with E-state index in [-0.39, 0.29) is 21.7 Å². The number of amides is 1. The summed E-state index contributed by atoms with van der Waals surface area (Å²) < 4.78 is 33.4. The van der Waals surface area contributed by atoms with E-state index in [0.717, 1.165) is 22.0 Å². The van der Waals surface area contributed by atoms with Crippen LogP contribution in [0.5, 0.6) is 5.75 Å². The van der Waals surface area contributed by atoms with E-state index in [1.807, 2.05) is 38.1 Å². The van der Waals surface area contributed by atoms with Crippen LogP contribution in [0.15, 0.2) is 77.7 Å². The van der Waals surface area contributed by atoms with Gasteiger partial charge in [0.2, 0.25) is 5.91 Å². The lowest BCUT2D eigenvalue weighted by Crippen LogP contribution is -2.41. The fourth-order valence-corrected chi connectivity index (χ4v) is 5.15. The molecule has 0 fully saturated rings. The minimum Gasteiger partial charge on any atom is -0.491 e. The van der Waals surface area contributed by atoms with Crippen molar-refractivity contribution in [3.8, 4) is 5.75 Å². The third-order valence-corrected chi connectivity index (χ3v) is 7.57. The molecule has 0 radical (unpaired) electrons. The van der Waals surface area contributed by atoms with E-state index >= 15 is 0 Å². The summed E-state index contributed by atoms with van der Waals surface area (Å²) in [4.78, 5) is 12.8. The van der Waals surface area contributed by atoms with Crippen LogP contribution in [0, 0.1) is 0 Å². The average Bonchev–Trinajstić information content (AvgIpc) is 2.82. The summed E-state index contributed by atoms with van der Waals surface area (Å²) in [5.41, 5.74) is 1.35. The van der Waals surface area contributed by atoms with Gasteiger partial charge in [-0.2, -0.15) is 0 Å². The Morgan fingerprint density at radius 3 is 2.40 bits per heavy atom. The van der Waals surface area contributed by atoms with Crippen LogP contribution in [0.25, 0.3) is 0 Å². The van der Waals surface area contributed by atoms with Crippen LogP contribution >= 0.6 is 23.2 Å². The van der Waals surface area contributed by atoms with Gasteiger partial charge in [-0.15, -0.1) is 0 Å². The number of halogens is 2. The van der Waals surface area contributed by atoms with Crippen molar-refractivity contribution in [2.75, 3.05) is 17.4 Å². The number of hydrogen-bond donors (Lipinski definition) is 1. The summed E-state index contributed by atoms with van der Waals surface area (Å²) in [6, 6.07) is 20.2. The van der Waals surface area contributed by atoms with Gasteiger partial charge in [-0.3, -0.25) is 9.10 Å². The van der Waals surface area contributed by atoms with E-state index < -0.39 is 22.5 Å². The van der Waals surface area contributed by atoms with Crippen LogP contribution in [0.3, 0.4) is 0 Å². The molecule has 0 saturated carbocycles. The minimum absolute atomic E-state index is 0.0716. The number of benzene rings is 3. The smallest absolute Gasteiger partial charge is 0.264 e. The number of anilines is 1. The number of aryl methyl sites for hydroxylation is 1. The van der Waals surface area contributed by atoms with Crippen LogP contribution in [0.4, 0.5) is 5.69 Å². The number of carbonyl (C=O) groups excluding carboxylic acids is 1. The molecule has 3 rings (SSSR count). The van der Waals surface area contributed by atoms with Crippen LogP contribution in [-0.4, -0.2) is 33.5 Å². The number of ether oxygens (including phenoxy) is 1. The van der Waals surface area contributed by atoms with Crippen LogP contribution in [0.2, 0.25) is 10.0 Å². The molecule has 0 aliphatic heterocycles. The number of carbonyl (C=O) groups is 1. The first kappa shape index (κ1) is 26.9. The Balaban J connectivity index is 1.66. The van der Waals surface area contributed by atoms with Gasteiger partial charge in [0.15, 0.2) is 0 Å². The predicted octanol–water partition coefficient (Wildman–Crippen LogP) is 5.72. The Kier molecular flexibility index (Phi) is 9.43. The number of hydrogen-bond acceptors (Lipinski definition) is 4. The van der Waals surface area contributed by atoms with Gasteiger partial charge in [-0.25, -0.2) is 8.42 Å². The van der Waals surface area contributed by atoms with Gasteiger partial charge in [0.05, 0.1) is 26.7 Å². The quantitative estimate of drug-likeness (QED) is 0.319. The molecule has 3 aromatic rings. The fourth-order valence-electron chi connectivity index (χ4n) is 3.43. The van der Waals surface area contributed by atoms with Crippen LogP contribution < -0.4 is 14.4 Å². The molecule has 0 saturated heterocycles. The average molecular weight is 535 g/mol. The second-order valence-corrected chi connectivity index (χ2v) is 10.9. The summed E-state index contributed by atoms with van der Waals surface area (Å²) in [7, 11) is -4.01. The van der Waals surface area contributed by atoms with Crippen molar-refractivity contribution in [3.63, 3.8) is 0 Å². The van der Waals surface area contributed by atoms with E-state index in [9.17, 15) is 13.2 Å². The fraction of sp³-hybridized carbons (Fsp3) is 0.269. The summed E-state index contributed by atoms with van der Waals surface area (Å²) in [5, 5.41) is 3.30.